The van der Waals surface area contributed by atoms with Crippen LogP contribution in [0.25, 0.3) is 11.1 Å². The van der Waals surface area contributed by atoms with Crippen molar-refractivity contribution in [3.05, 3.63) is 94.2 Å². The fourth-order valence-corrected chi connectivity index (χ4v) is 2.49. The van der Waals surface area contributed by atoms with E-state index in [2.05, 4.69) is 15.9 Å². The van der Waals surface area contributed by atoms with Gasteiger partial charge >= 0.3 is 0 Å². The molecule has 0 N–H and O–H groups in total. The molecule has 3 aromatic carbocycles. The zero-order chi connectivity index (χ0) is 15.5. The predicted octanol–water partition coefficient (Wildman–Crippen LogP) is 5.49. The number of hydrogen-bond donors (Lipinski definition) is 0. The smallest absolute Gasteiger partial charge is 0.193 e. The third kappa shape index (κ3) is 3.15. The van der Waals surface area contributed by atoms with E-state index in [0.29, 0.717) is 11.1 Å². The van der Waals surface area contributed by atoms with E-state index >= 15 is 0 Å². The maximum Gasteiger partial charge on any atom is 0.193 e. The highest BCUT2D eigenvalue weighted by Gasteiger charge is 2.09. The van der Waals surface area contributed by atoms with Gasteiger partial charge in [-0.15, -0.1) is 0 Å². The number of hydrogen-bond acceptors (Lipinski definition) is 1. The molecule has 3 rings (SSSR count). The largest absolute Gasteiger partial charge is 0.289 e. The Balaban J connectivity index is 1.86. The Labute approximate surface area is 136 Å². The summed E-state index contributed by atoms with van der Waals surface area (Å²) in [6.45, 7) is 0. The van der Waals surface area contributed by atoms with Crippen molar-refractivity contribution in [2.75, 3.05) is 0 Å². The fourth-order valence-electron chi connectivity index (χ4n) is 2.22. The lowest BCUT2D eigenvalue weighted by molar-refractivity contribution is 0.103. The second-order valence-corrected chi connectivity index (χ2v) is 5.84. The van der Waals surface area contributed by atoms with Gasteiger partial charge in [-0.3, -0.25) is 4.79 Å². The SMILES string of the molecule is O=C(c1ccc(F)cc1)c1ccc(-c2ccc(Br)cc2)cc1. The molecule has 108 valence electrons. The minimum absolute atomic E-state index is 0.109. The van der Waals surface area contributed by atoms with Gasteiger partial charge in [-0.25, -0.2) is 4.39 Å². The predicted molar refractivity (Wildman–Crippen MR) is 89.4 cm³/mol. The summed E-state index contributed by atoms with van der Waals surface area (Å²) in [5.74, 6) is -0.454. The van der Waals surface area contributed by atoms with Gasteiger partial charge in [-0.05, 0) is 47.5 Å². The molecule has 0 aromatic heterocycles. The minimum atomic E-state index is -0.345. The standard InChI is InChI=1S/C19H12BrFO/c20-17-9-5-14(6-10-17)13-1-3-15(4-2-13)19(22)16-7-11-18(21)12-8-16/h1-12H. The van der Waals surface area contributed by atoms with E-state index in [1.807, 2.05) is 36.4 Å². The van der Waals surface area contributed by atoms with Crippen LogP contribution in [0.15, 0.2) is 77.3 Å². The van der Waals surface area contributed by atoms with Crippen LogP contribution in [0.1, 0.15) is 15.9 Å². The first-order chi connectivity index (χ1) is 10.6. The van der Waals surface area contributed by atoms with Gasteiger partial charge in [-0.2, -0.15) is 0 Å². The van der Waals surface area contributed by atoms with Crippen molar-refractivity contribution in [2.45, 2.75) is 0 Å². The molecular formula is C19H12BrFO. The van der Waals surface area contributed by atoms with Crippen LogP contribution in [0.4, 0.5) is 4.39 Å². The van der Waals surface area contributed by atoms with E-state index in [9.17, 15) is 9.18 Å². The minimum Gasteiger partial charge on any atom is -0.289 e. The van der Waals surface area contributed by atoms with Crippen LogP contribution in [-0.2, 0) is 0 Å². The lowest BCUT2D eigenvalue weighted by Crippen LogP contribution is -2.00. The van der Waals surface area contributed by atoms with Crippen molar-refractivity contribution in [3.63, 3.8) is 0 Å². The van der Waals surface area contributed by atoms with E-state index in [0.717, 1.165) is 15.6 Å². The molecule has 0 saturated heterocycles. The van der Waals surface area contributed by atoms with Gasteiger partial charge in [0.25, 0.3) is 0 Å². The first kappa shape index (κ1) is 14.7. The van der Waals surface area contributed by atoms with Crippen LogP contribution < -0.4 is 0 Å². The molecule has 0 saturated carbocycles. The van der Waals surface area contributed by atoms with Crippen molar-refractivity contribution in [1.29, 1.82) is 0 Å². The first-order valence-corrected chi connectivity index (χ1v) is 7.59. The number of rotatable bonds is 3. The van der Waals surface area contributed by atoms with Crippen LogP contribution in [0.3, 0.4) is 0 Å². The van der Waals surface area contributed by atoms with Crippen molar-refractivity contribution >= 4 is 21.7 Å². The molecule has 0 aliphatic rings. The molecule has 3 aromatic rings. The Hall–Kier alpha value is -2.26. The molecule has 0 fully saturated rings. The summed E-state index contributed by atoms with van der Waals surface area (Å²) in [6, 6.07) is 21.0. The van der Waals surface area contributed by atoms with Gasteiger partial charge in [0.2, 0.25) is 0 Å². The number of carbonyl (C=O) groups is 1. The van der Waals surface area contributed by atoms with E-state index in [1.54, 1.807) is 12.1 Å². The monoisotopic (exact) mass is 354 g/mol. The van der Waals surface area contributed by atoms with Gasteiger partial charge in [0, 0.05) is 15.6 Å². The van der Waals surface area contributed by atoms with Crippen LogP contribution >= 0.6 is 15.9 Å². The van der Waals surface area contributed by atoms with Gasteiger partial charge in [0.05, 0.1) is 0 Å². The van der Waals surface area contributed by atoms with Gasteiger partial charge < -0.3 is 0 Å². The van der Waals surface area contributed by atoms with E-state index in [-0.39, 0.29) is 11.6 Å². The zero-order valence-corrected chi connectivity index (χ0v) is 13.2. The molecule has 22 heavy (non-hydrogen) atoms. The van der Waals surface area contributed by atoms with E-state index < -0.39 is 0 Å². The maximum atomic E-state index is 12.9. The van der Waals surface area contributed by atoms with Gasteiger partial charge in [0.1, 0.15) is 5.82 Å². The number of ketones is 1. The average Bonchev–Trinajstić information content (AvgIpc) is 2.56. The molecule has 0 radical (unpaired) electrons. The molecular weight excluding hydrogens is 343 g/mol. The Bertz CT molecular complexity index is 790. The topological polar surface area (TPSA) is 17.1 Å². The first-order valence-electron chi connectivity index (χ1n) is 6.80. The number of halogens is 2. The third-order valence-electron chi connectivity index (χ3n) is 3.43. The van der Waals surface area contributed by atoms with Crippen molar-refractivity contribution in [1.82, 2.24) is 0 Å². The lowest BCUT2D eigenvalue weighted by Gasteiger charge is -2.05. The molecule has 0 heterocycles. The summed E-state index contributed by atoms with van der Waals surface area (Å²) in [5, 5.41) is 0. The molecule has 0 bridgehead atoms. The second-order valence-electron chi connectivity index (χ2n) is 4.92. The van der Waals surface area contributed by atoms with Crippen LogP contribution in [-0.4, -0.2) is 5.78 Å². The summed E-state index contributed by atoms with van der Waals surface area (Å²) in [5.41, 5.74) is 3.21. The van der Waals surface area contributed by atoms with Gasteiger partial charge in [0.15, 0.2) is 5.78 Å². The molecule has 0 spiro atoms. The van der Waals surface area contributed by atoms with Crippen molar-refractivity contribution in [3.8, 4) is 11.1 Å². The van der Waals surface area contributed by atoms with Crippen LogP contribution in [0.2, 0.25) is 0 Å². The highest BCUT2D eigenvalue weighted by atomic mass is 79.9. The molecule has 3 heteroatoms. The summed E-state index contributed by atoms with van der Waals surface area (Å²) in [6.07, 6.45) is 0. The number of carbonyl (C=O) groups excluding carboxylic acids is 1. The molecule has 0 unspecified atom stereocenters. The average molecular weight is 355 g/mol. The molecule has 0 aliphatic heterocycles. The van der Waals surface area contributed by atoms with Crippen LogP contribution in [0.5, 0.6) is 0 Å². The summed E-state index contributed by atoms with van der Waals surface area (Å²) >= 11 is 3.41. The fraction of sp³-hybridized carbons (Fsp3) is 0. The molecule has 0 amide bonds. The molecule has 0 aliphatic carbocycles. The molecule has 0 atom stereocenters. The second kappa shape index (κ2) is 6.24. The number of benzene rings is 3. The highest BCUT2D eigenvalue weighted by molar-refractivity contribution is 9.10. The zero-order valence-electron chi connectivity index (χ0n) is 11.6. The quantitative estimate of drug-likeness (QED) is 0.568. The normalized spacial score (nSPS) is 10.5. The van der Waals surface area contributed by atoms with Crippen molar-refractivity contribution in [2.24, 2.45) is 0 Å². The maximum absolute atomic E-state index is 12.9. The Morgan fingerprint density at radius 1 is 0.682 bits per heavy atom. The molecule has 1 nitrogen and oxygen atoms in total. The van der Waals surface area contributed by atoms with E-state index in [4.69, 9.17) is 0 Å². The highest BCUT2D eigenvalue weighted by Crippen LogP contribution is 2.23. The summed E-state index contributed by atoms with van der Waals surface area (Å²) < 4.78 is 13.9. The van der Waals surface area contributed by atoms with Crippen LogP contribution in [0, 0.1) is 5.82 Å². The van der Waals surface area contributed by atoms with E-state index in [1.165, 1.54) is 24.3 Å². The van der Waals surface area contributed by atoms with Gasteiger partial charge in [-0.1, -0.05) is 52.3 Å². The Morgan fingerprint density at radius 2 is 1.09 bits per heavy atom. The summed E-state index contributed by atoms with van der Waals surface area (Å²) in [7, 11) is 0. The van der Waals surface area contributed by atoms with Crippen molar-refractivity contribution < 1.29 is 9.18 Å². The Kier molecular flexibility index (Phi) is 4.16. The summed E-state index contributed by atoms with van der Waals surface area (Å²) in [4.78, 5) is 12.3. The lowest BCUT2D eigenvalue weighted by atomic mass is 9.99. The third-order valence-corrected chi connectivity index (χ3v) is 3.96. The Morgan fingerprint density at radius 3 is 1.59 bits per heavy atom.